The molecule has 0 aromatic carbocycles. The SMILES string of the molecule is c1ncc(-c2nnc(N3CCN4CCC3CC4)s2)s1. The molecule has 19 heavy (non-hydrogen) atoms. The number of rotatable bonds is 2. The number of hydrogen-bond acceptors (Lipinski definition) is 7. The molecular weight excluding hydrogens is 278 g/mol. The molecule has 0 saturated carbocycles. The van der Waals surface area contributed by atoms with Gasteiger partial charge >= 0.3 is 0 Å². The van der Waals surface area contributed by atoms with Gasteiger partial charge in [0.2, 0.25) is 5.13 Å². The second kappa shape index (κ2) is 4.81. The monoisotopic (exact) mass is 293 g/mol. The van der Waals surface area contributed by atoms with Crippen molar-refractivity contribution in [2.75, 3.05) is 31.1 Å². The van der Waals surface area contributed by atoms with E-state index in [2.05, 4.69) is 25.0 Å². The summed E-state index contributed by atoms with van der Waals surface area (Å²) in [6, 6.07) is 0.654. The van der Waals surface area contributed by atoms with Gasteiger partial charge < -0.3 is 9.80 Å². The maximum atomic E-state index is 4.41. The molecule has 0 atom stereocenters. The van der Waals surface area contributed by atoms with Crippen LogP contribution < -0.4 is 4.90 Å². The molecule has 0 spiro atoms. The minimum atomic E-state index is 0.654. The molecule has 0 aliphatic carbocycles. The zero-order valence-electron chi connectivity index (χ0n) is 10.5. The summed E-state index contributed by atoms with van der Waals surface area (Å²) in [4.78, 5) is 10.3. The lowest BCUT2D eigenvalue weighted by Crippen LogP contribution is -2.37. The van der Waals surface area contributed by atoms with E-state index < -0.39 is 0 Å². The van der Waals surface area contributed by atoms with Crippen molar-refractivity contribution < 1.29 is 0 Å². The van der Waals surface area contributed by atoms with Gasteiger partial charge in [0, 0.05) is 38.4 Å². The molecule has 5 rings (SSSR count). The Labute approximate surface area is 119 Å². The van der Waals surface area contributed by atoms with E-state index >= 15 is 0 Å². The van der Waals surface area contributed by atoms with E-state index in [0.717, 1.165) is 28.1 Å². The topological polar surface area (TPSA) is 45.2 Å². The van der Waals surface area contributed by atoms with Gasteiger partial charge in [-0.15, -0.1) is 21.5 Å². The number of hydrogen-bond donors (Lipinski definition) is 0. The minimum absolute atomic E-state index is 0.654. The first-order valence-corrected chi connectivity index (χ1v) is 8.31. The highest BCUT2D eigenvalue weighted by molar-refractivity contribution is 7.22. The molecule has 0 radical (unpaired) electrons. The number of nitrogens with zero attached hydrogens (tertiary/aromatic N) is 5. The molecule has 0 amide bonds. The normalized spacial score (nSPS) is 26.6. The van der Waals surface area contributed by atoms with E-state index in [4.69, 9.17) is 0 Å². The van der Waals surface area contributed by atoms with E-state index in [1.54, 1.807) is 22.7 Å². The van der Waals surface area contributed by atoms with Gasteiger partial charge in [0.1, 0.15) is 0 Å². The highest BCUT2D eigenvalue weighted by Gasteiger charge is 2.30. The fourth-order valence-electron chi connectivity index (χ4n) is 2.89. The Balaban J connectivity index is 1.62. The van der Waals surface area contributed by atoms with Gasteiger partial charge in [-0.2, -0.15) is 0 Å². The highest BCUT2D eigenvalue weighted by Crippen LogP contribution is 2.34. The lowest BCUT2D eigenvalue weighted by atomic mass is 10.1. The van der Waals surface area contributed by atoms with Gasteiger partial charge in [0.25, 0.3) is 0 Å². The van der Waals surface area contributed by atoms with Crippen LogP contribution in [0.1, 0.15) is 12.8 Å². The molecule has 2 bridgehead atoms. The fourth-order valence-corrected chi connectivity index (χ4v) is 4.51. The van der Waals surface area contributed by atoms with Crippen molar-refractivity contribution in [2.24, 2.45) is 0 Å². The zero-order chi connectivity index (χ0) is 12.7. The quantitative estimate of drug-likeness (QED) is 0.847. The predicted octanol–water partition coefficient (Wildman–Crippen LogP) is 1.95. The Morgan fingerprint density at radius 3 is 2.79 bits per heavy atom. The molecule has 5 heterocycles. The maximum Gasteiger partial charge on any atom is 0.208 e. The van der Waals surface area contributed by atoms with Gasteiger partial charge in [0.15, 0.2) is 5.01 Å². The second-order valence-corrected chi connectivity index (χ2v) is 6.86. The first-order valence-electron chi connectivity index (χ1n) is 6.61. The smallest absolute Gasteiger partial charge is 0.208 e. The predicted molar refractivity (Wildman–Crippen MR) is 77.8 cm³/mol. The Hall–Kier alpha value is -1.05. The minimum Gasteiger partial charge on any atom is -0.342 e. The standard InChI is InChI=1S/C12H15N5S2/c1-3-16-4-2-9(1)17(6-5-16)12-15-14-11(19-12)10-7-13-8-18-10/h7-9H,1-6H2. The number of aromatic nitrogens is 3. The second-order valence-electron chi connectivity index (χ2n) is 5.02. The molecule has 0 unspecified atom stereocenters. The van der Waals surface area contributed by atoms with Crippen molar-refractivity contribution in [2.45, 2.75) is 18.9 Å². The molecular formula is C12H15N5S2. The Morgan fingerprint density at radius 2 is 2.00 bits per heavy atom. The maximum absolute atomic E-state index is 4.41. The summed E-state index contributed by atoms with van der Waals surface area (Å²) in [6.45, 7) is 4.72. The van der Waals surface area contributed by atoms with Crippen LogP contribution >= 0.6 is 22.7 Å². The Morgan fingerprint density at radius 1 is 1.11 bits per heavy atom. The summed E-state index contributed by atoms with van der Waals surface area (Å²) in [7, 11) is 0. The van der Waals surface area contributed by atoms with Gasteiger partial charge in [0.05, 0.1) is 10.4 Å². The van der Waals surface area contributed by atoms with Gasteiger partial charge in [-0.05, 0) is 12.8 Å². The Kier molecular flexibility index (Phi) is 2.97. The van der Waals surface area contributed by atoms with Crippen LogP contribution in [0.15, 0.2) is 11.7 Å². The summed E-state index contributed by atoms with van der Waals surface area (Å²) >= 11 is 3.32. The van der Waals surface area contributed by atoms with Crippen molar-refractivity contribution in [3.8, 4) is 9.88 Å². The summed E-state index contributed by atoms with van der Waals surface area (Å²) in [5, 5.41) is 10.8. The fraction of sp³-hybridized carbons (Fsp3) is 0.583. The molecule has 3 saturated heterocycles. The molecule has 0 N–H and O–H groups in total. The first-order chi connectivity index (χ1) is 9.40. The molecule has 3 aliphatic rings. The number of thiazole rings is 1. The van der Waals surface area contributed by atoms with Gasteiger partial charge in [-0.1, -0.05) is 11.3 Å². The van der Waals surface area contributed by atoms with Crippen molar-refractivity contribution in [3.63, 3.8) is 0 Å². The molecule has 100 valence electrons. The van der Waals surface area contributed by atoms with Crippen LogP contribution in [-0.2, 0) is 0 Å². The van der Waals surface area contributed by atoms with Crippen LogP contribution in [-0.4, -0.2) is 52.3 Å². The summed E-state index contributed by atoms with van der Waals surface area (Å²) in [5.41, 5.74) is 1.84. The number of fused-ring (bicyclic) bond motifs is 4. The van der Waals surface area contributed by atoms with Crippen molar-refractivity contribution in [1.82, 2.24) is 20.1 Å². The average molecular weight is 293 g/mol. The van der Waals surface area contributed by atoms with Crippen LogP contribution in [0.2, 0.25) is 0 Å². The van der Waals surface area contributed by atoms with Crippen LogP contribution in [0.3, 0.4) is 0 Å². The van der Waals surface area contributed by atoms with Crippen molar-refractivity contribution in [3.05, 3.63) is 11.7 Å². The Bertz CT molecular complexity index is 544. The van der Waals surface area contributed by atoms with Crippen LogP contribution in [0.25, 0.3) is 9.88 Å². The van der Waals surface area contributed by atoms with Crippen molar-refractivity contribution in [1.29, 1.82) is 0 Å². The van der Waals surface area contributed by atoms with Crippen LogP contribution in [0.5, 0.6) is 0 Å². The highest BCUT2D eigenvalue weighted by atomic mass is 32.1. The molecule has 2 aromatic rings. The van der Waals surface area contributed by atoms with Crippen LogP contribution in [0, 0.1) is 0 Å². The van der Waals surface area contributed by atoms with Gasteiger partial charge in [-0.3, -0.25) is 4.98 Å². The number of anilines is 1. The summed E-state index contributed by atoms with van der Waals surface area (Å²) < 4.78 is 0. The molecule has 7 heteroatoms. The summed E-state index contributed by atoms with van der Waals surface area (Å²) in [6.07, 6.45) is 4.39. The lowest BCUT2D eigenvalue weighted by Gasteiger charge is -2.30. The molecule has 3 fully saturated rings. The third kappa shape index (κ3) is 2.15. The third-order valence-corrected chi connectivity index (χ3v) is 5.86. The van der Waals surface area contributed by atoms with E-state index in [-0.39, 0.29) is 0 Å². The number of piperidine rings is 1. The van der Waals surface area contributed by atoms with Gasteiger partial charge in [-0.25, -0.2) is 0 Å². The van der Waals surface area contributed by atoms with E-state index in [1.165, 1.54) is 25.9 Å². The van der Waals surface area contributed by atoms with E-state index in [1.807, 2.05) is 11.7 Å². The van der Waals surface area contributed by atoms with E-state index in [0.29, 0.717) is 6.04 Å². The first kappa shape index (κ1) is 11.7. The molecule has 2 aromatic heterocycles. The lowest BCUT2D eigenvalue weighted by molar-refractivity contribution is 0.250. The van der Waals surface area contributed by atoms with Crippen LogP contribution in [0.4, 0.5) is 5.13 Å². The molecule has 5 nitrogen and oxygen atoms in total. The largest absolute Gasteiger partial charge is 0.342 e. The average Bonchev–Trinajstić information content (AvgIpc) is 3.05. The summed E-state index contributed by atoms with van der Waals surface area (Å²) in [5.74, 6) is 0. The molecule has 3 aliphatic heterocycles. The third-order valence-electron chi connectivity index (χ3n) is 3.96. The van der Waals surface area contributed by atoms with E-state index in [9.17, 15) is 0 Å². The van der Waals surface area contributed by atoms with Crippen molar-refractivity contribution >= 4 is 27.8 Å². The zero-order valence-corrected chi connectivity index (χ0v) is 12.2.